The van der Waals surface area contributed by atoms with E-state index < -0.39 is 17.6 Å². The van der Waals surface area contributed by atoms with Gasteiger partial charge in [-0.25, -0.2) is 0 Å². The second-order valence-corrected chi connectivity index (χ2v) is 7.40. The molecular weight excluding hydrogens is 395 g/mol. The summed E-state index contributed by atoms with van der Waals surface area (Å²) in [6.45, 7) is 5.58. The highest BCUT2D eigenvalue weighted by atomic mass is 19.4. The Kier molecular flexibility index (Phi) is 7.61. The van der Waals surface area contributed by atoms with Crippen molar-refractivity contribution in [3.63, 3.8) is 0 Å². The van der Waals surface area contributed by atoms with Gasteiger partial charge in [0, 0.05) is 0 Å². The van der Waals surface area contributed by atoms with Gasteiger partial charge in [-0.2, -0.15) is 13.2 Å². The van der Waals surface area contributed by atoms with Crippen molar-refractivity contribution in [2.45, 2.75) is 33.0 Å². The number of hydrogen-bond acceptors (Lipinski definition) is 3. The first-order chi connectivity index (χ1) is 14.0. The maximum atomic E-state index is 13.0. The lowest BCUT2D eigenvalue weighted by Crippen LogP contribution is -2.39. The molecule has 0 heterocycles. The molecule has 0 aliphatic carbocycles. The van der Waals surface area contributed by atoms with Gasteiger partial charge in [-0.15, -0.1) is 0 Å². The molecule has 8 heteroatoms. The van der Waals surface area contributed by atoms with E-state index in [1.165, 1.54) is 23.1 Å². The molecule has 1 atom stereocenters. The SMILES string of the molecule is Cc1ccc([C@@H](C)NC(=O)CN(C)CC(=O)Nc2ccccc2C(F)(F)F)cc1C. The molecule has 0 aliphatic heterocycles. The van der Waals surface area contributed by atoms with Gasteiger partial charge >= 0.3 is 6.18 Å². The monoisotopic (exact) mass is 421 g/mol. The molecule has 0 radical (unpaired) electrons. The molecule has 162 valence electrons. The van der Waals surface area contributed by atoms with Crippen LogP contribution in [0.2, 0.25) is 0 Å². The largest absolute Gasteiger partial charge is 0.418 e. The van der Waals surface area contributed by atoms with Crippen LogP contribution in [0.3, 0.4) is 0 Å². The Hall–Kier alpha value is -2.87. The molecule has 0 saturated heterocycles. The second-order valence-electron chi connectivity index (χ2n) is 7.40. The predicted octanol–water partition coefficient (Wildman–Crippen LogP) is 4.07. The number of nitrogens with one attached hydrogen (secondary N) is 2. The van der Waals surface area contributed by atoms with Crippen molar-refractivity contribution in [2.24, 2.45) is 0 Å². The zero-order valence-electron chi connectivity index (χ0n) is 17.4. The van der Waals surface area contributed by atoms with Crippen LogP contribution in [0.25, 0.3) is 0 Å². The molecule has 0 aliphatic rings. The number of carbonyl (C=O) groups is 2. The van der Waals surface area contributed by atoms with Gasteiger partial charge < -0.3 is 10.6 Å². The van der Waals surface area contributed by atoms with Gasteiger partial charge in [0.15, 0.2) is 0 Å². The number of aryl methyl sites for hydroxylation is 2. The highest BCUT2D eigenvalue weighted by Crippen LogP contribution is 2.34. The highest BCUT2D eigenvalue weighted by molar-refractivity contribution is 5.93. The predicted molar refractivity (Wildman–Crippen MR) is 110 cm³/mol. The molecule has 2 amide bonds. The first-order valence-corrected chi connectivity index (χ1v) is 9.48. The van der Waals surface area contributed by atoms with Crippen LogP contribution in [0.5, 0.6) is 0 Å². The van der Waals surface area contributed by atoms with Crippen LogP contribution in [-0.4, -0.2) is 36.9 Å². The van der Waals surface area contributed by atoms with Gasteiger partial charge in [-0.05, 0) is 56.6 Å². The number of halogens is 3. The quantitative estimate of drug-likeness (QED) is 0.709. The fraction of sp³-hybridized carbons (Fsp3) is 0.364. The maximum absolute atomic E-state index is 13.0. The first kappa shape index (κ1) is 23.4. The summed E-state index contributed by atoms with van der Waals surface area (Å²) >= 11 is 0. The fourth-order valence-corrected chi connectivity index (χ4v) is 2.98. The van der Waals surface area contributed by atoms with Crippen molar-refractivity contribution in [2.75, 3.05) is 25.5 Å². The highest BCUT2D eigenvalue weighted by Gasteiger charge is 2.33. The van der Waals surface area contributed by atoms with Crippen LogP contribution in [-0.2, 0) is 15.8 Å². The first-order valence-electron chi connectivity index (χ1n) is 9.48. The molecule has 5 nitrogen and oxygen atoms in total. The molecule has 2 aromatic rings. The lowest BCUT2D eigenvalue weighted by atomic mass is 10.0. The van der Waals surface area contributed by atoms with Crippen molar-refractivity contribution >= 4 is 17.5 Å². The number of alkyl halides is 3. The third-order valence-corrected chi connectivity index (χ3v) is 4.74. The standard InChI is InChI=1S/C22H26F3N3O2/c1-14-9-10-17(11-15(14)2)16(3)26-20(29)12-28(4)13-21(30)27-19-8-6-5-7-18(19)22(23,24)25/h5-11,16H,12-13H2,1-4H3,(H,26,29)(H,27,30)/t16-/m1/s1. The fourth-order valence-electron chi connectivity index (χ4n) is 2.98. The number of nitrogens with zero attached hydrogens (tertiary/aromatic N) is 1. The molecule has 0 bridgehead atoms. The van der Waals surface area contributed by atoms with Crippen LogP contribution < -0.4 is 10.6 Å². The van der Waals surface area contributed by atoms with Crippen molar-refractivity contribution in [3.05, 3.63) is 64.7 Å². The van der Waals surface area contributed by atoms with E-state index in [1.807, 2.05) is 39.0 Å². The van der Waals surface area contributed by atoms with Gasteiger partial charge in [0.25, 0.3) is 0 Å². The Labute approximate surface area is 174 Å². The third-order valence-electron chi connectivity index (χ3n) is 4.74. The van der Waals surface area contributed by atoms with E-state index in [2.05, 4.69) is 10.6 Å². The molecule has 2 aromatic carbocycles. The van der Waals surface area contributed by atoms with E-state index in [0.29, 0.717) is 0 Å². The summed E-state index contributed by atoms with van der Waals surface area (Å²) in [7, 11) is 1.55. The summed E-state index contributed by atoms with van der Waals surface area (Å²) in [6.07, 6.45) is -4.57. The summed E-state index contributed by atoms with van der Waals surface area (Å²) < 4.78 is 39.1. The number of para-hydroxylation sites is 1. The number of likely N-dealkylation sites (N-methyl/N-ethyl adjacent to an activating group) is 1. The van der Waals surface area contributed by atoms with Crippen LogP contribution in [0.1, 0.15) is 35.2 Å². The van der Waals surface area contributed by atoms with E-state index >= 15 is 0 Å². The number of carbonyl (C=O) groups excluding carboxylic acids is 2. The Bertz CT molecular complexity index is 913. The number of anilines is 1. The number of benzene rings is 2. The molecule has 2 N–H and O–H groups in total. The van der Waals surface area contributed by atoms with E-state index in [9.17, 15) is 22.8 Å². The van der Waals surface area contributed by atoms with Gasteiger partial charge in [0.05, 0.1) is 30.4 Å². The van der Waals surface area contributed by atoms with Crippen LogP contribution >= 0.6 is 0 Å². The minimum absolute atomic E-state index is 0.0660. The molecule has 0 unspecified atom stereocenters. The van der Waals surface area contributed by atoms with Gasteiger partial charge in [-0.1, -0.05) is 30.3 Å². The maximum Gasteiger partial charge on any atom is 0.418 e. The Morgan fingerprint density at radius 1 is 1.00 bits per heavy atom. The molecule has 0 saturated carbocycles. The molecule has 0 spiro atoms. The van der Waals surface area contributed by atoms with E-state index in [4.69, 9.17) is 0 Å². The molecular formula is C22H26F3N3O2. The Balaban J connectivity index is 1.89. The van der Waals surface area contributed by atoms with Gasteiger partial charge in [0.2, 0.25) is 11.8 Å². The molecule has 2 rings (SSSR count). The zero-order valence-corrected chi connectivity index (χ0v) is 17.4. The van der Waals surface area contributed by atoms with Crippen LogP contribution in [0.15, 0.2) is 42.5 Å². The van der Waals surface area contributed by atoms with Crippen molar-refractivity contribution < 1.29 is 22.8 Å². The third kappa shape index (κ3) is 6.59. The number of rotatable bonds is 7. The average molecular weight is 421 g/mol. The van der Waals surface area contributed by atoms with E-state index in [-0.39, 0.29) is 30.7 Å². The van der Waals surface area contributed by atoms with Crippen LogP contribution in [0, 0.1) is 13.8 Å². The smallest absolute Gasteiger partial charge is 0.348 e. The lowest BCUT2D eigenvalue weighted by Gasteiger charge is -2.20. The lowest BCUT2D eigenvalue weighted by molar-refractivity contribution is -0.137. The molecule has 0 fully saturated rings. The number of amides is 2. The topological polar surface area (TPSA) is 61.4 Å². The van der Waals surface area contributed by atoms with Crippen molar-refractivity contribution in [3.8, 4) is 0 Å². The van der Waals surface area contributed by atoms with Crippen molar-refractivity contribution in [1.82, 2.24) is 10.2 Å². The minimum Gasteiger partial charge on any atom is -0.348 e. The Morgan fingerprint density at radius 2 is 1.63 bits per heavy atom. The normalized spacial score (nSPS) is 12.5. The summed E-state index contributed by atoms with van der Waals surface area (Å²) in [6, 6.07) is 10.5. The summed E-state index contributed by atoms with van der Waals surface area (Å²) in [4.78, 5) is 25.9. The van der Waals surface area contributed by atoms with Crippen molar-refractivity contribution in [1.29, 1.82) is 0 Å². The summed E-state index contributed by atoms with van der Waals surface area (Å²) in [5.41, 5.74) is 2.03. The summed E-state index contributed by atoms with van der Waals surface area (Å²) in [5, 5.41) is 5.13. The minimum atomic E-state index is -4.57. The Morgan fingerprint density at radius 3 is 2.27 bits per heavy atom. The molecule has 0 aromatic heterocycles. The second kappa shape index (κ2) is 9.75. The number of hydrogen-bond donors (Lipinski definition) is 2. The summed E-state index contributed by atoms with van der Waals surface area (Å²) in [5.74, 6) is -0.920. The zero-order chi connectivity index (χ0) is 22.5. The van der Waals surface area contributed by atoms with E-state index in [0.717, 1.165) is 22.8 Å². The average Bonchev–Trinajstić information content (AvgIpc) is 2.63. The van der Waals surface area contributed by atoms with Gasteiger partial charge in [-0.3, -0.25) is 14.5 Å². The van der Waals surface area contributed by atoms with E-state index in [1.54, 1.807) is 7.05 Å². The van der Waals surface area contributed by atoms with Crippen LogP contribution in [0.4, 0.5) is 18.9 Å². The van der Waals surface area contributed by atoms with Gasteiger partial charge in [0.1, 0.15) is 0 Å². The molecule has 30 heavy (non-hydrogen) atoms.